The number of hydrogen-bond donors (Lipinski definition) is 3. The van der Waals surface area contributed by atoms with Crippen molar-refractivity contribution >= 4 is 6.03 Å². The summed E-state index contributed by atoms with van der Waals surface area (Å²) in [6.45, 7) is 3.52. The van der Waals surface area contributed by atoms with Crippen LogP contribution in [-0.4, -0.2) is 32.8 Å². The molecule has 1 aliphatic carbocycles. The van der Waals surface area contributed by atoms with Gasteiger partial charge in [-0.25, -0.2) is 9.78 Å². The third kappa shape index (κ3) is 4.82. The molecule has 1 aliphatic rings. The maximum atomic E-state index is 12.0. The van der Waals surface area contributed by atoms with Gasteiger partial charge in [0.2, 0.25) is 0 Å². The van der Waals surface area contributed by atoms with Gasteiger partial charge >= 0.3 is 6.03 Å². The number of nitrogens with one attached hydrogen (secondary N) is 2. The summed E-state index contributed by atoms with van der Waals surface area (Å²) in [6.07, 6.45) is 7.35. The van der Waals surface area contributed by atoms with Crippen molar-refractivity contribution in [3.8, 4) is 0 Å². The molecule has 3 N–H and O–H groups in total. The highest BCUT2D eigenvalue weighted by Gasteiger charge is 2.31. The fraction of sp³-hybridized carbons (Fsp3) is 0.474. The Balaban J connectivity index is 1.48. The van der Waals surface area contributed by atoms with Crippen LogP contribution in [0.25, 0.3) is 0 Å². The highest BCUT2D eigenvalue weighted by Crippen LogP contribution is 2.28. The zero-order valence-electron chi connectivity index (χ0n) is 14.7. The van der Waals surface area contributed by atoms with E-state index in [4.69, 9.17) is 0 Å². The fourth-order valence-corrected chi connectivity index (χ4v) is 3.31. The zero-order chi connectivity index (χ0) is 17.7. The first kappa shape index (κ1) is 17.5. The van der Waals surface area contributed by atoms with Crippen molar-refractivity contribution in [3.05, 3.63) is 53.6 Å². The van der Waals surface area contributed by atoms with Crippen LogP contribution in [0.5, 0.6) is 0 Å². The van der Waals surface area contributed by atoms with Crippen LogP contribution in [0, 0.1) is 6.92 Å². The van der Waals surface area contributed by atoms with E-state index in [0.29, 0.717) is 13.1 Å². The molecule has 2 aromatic rings. The largest absolute Gasteiger partial charge is 0.388 e. The van der Waals surface area contributed by atoms with Gasteiger partial charge in [0.05, 0.1) is 5.60 Å². The Morgan fingerprint density at radius 1 is 1.28 bits per heavy atom. The van der Waals surface area contributed by atoms with Crippen LogP contribution in [0.2, 0.25) is 0 Å². The van der Waals surface area contributed by atoms with E-state index in [2.05, 4.69) is 32.3 Å². The number of aryl methyl sites for hydroxylation is 1. The molecule has 134 valence electrons. The minimum atomic E-state index is -0.722. The van der Waals surface area contributed by atoms with Gasteiger partial charge in [0.1, 0.15) is 5.82 Å². The number of urea groups is 1. The number of benzene rings is 1. The predicted octanol–water partition coefficient (Wildman–Crippen LogP) is 2.34. The van der Waals surface area contributed by atoms with Crippen molar-refractivity contribution in [2.45, 2.75) is 51.3 Å². The second-order valence-electron chi connectivity index (χ2n) is 6.89. The third-order valence-corrected chi connectivity index (χ3v) is 4.83. The molecule has 1 fully saturated rings. The number of nitrogens with zero attached hydrogens (tertiary/aromatic N) is 2. The van der Waals surface area contributed by atoms with E-state index in [1.54, 1.807) is 6.20 Å². The van der Waals surface area contributed by atoms with E-state index in [0.717, 1.165) is 43.6 Å². The number of amides is 2. The average molecular weight is 342 g/mol. The Kier molecular flexibility index (Phi) is 5.38. The summed E-state index contributed by atoms with van der Waals surface area (Å²) in [4.78, 5) is 16.2. The Bertz CT molecular complexity index is 720. The summed E-state index contributed by atoms with van der Waals surface area (Å²) in [5, 5.41) is 15.9. The lowest BCUT2D eigenvalue weighted by Crippen LogP contribution is -2.44. The lowest BCUT2D eigenvalue weighted by molar-refractivity contribution is 0.0501. The molecule has 6 nitrogen and oxygen atoms in total. The van der Waals surface area contributed by atoms with E-state index in [1.165, 1.54) is 5.56 Å². The second kappa shape index (κ2) is 7.70. The number of imidazole rings is 1. The molecular formula is C19H26N4O2. The molecule has 0 unspecified atom stereocenters. The van der Waals surface area contributed by atoms with Crippen LogP contribution < -0.4 is 10.6 Å². The first-order valence-corrected chi connectivity index (χ1v) is 8.84. The van der Waals surface area contributed by atoms with Gasteiger partial charge in [-0.1, -0.05) is 37.1 Å². The second-order valence-corrected chi connectivity index (χ2v) is 6.89. The molecule has 0 saturated heterocycles. The molecule has 2 amide bonds. The Morgan fingerprint density at radius 2 is 2.04 bits per heavy atom. The van der Waals surface area contributed by atoms with Gasteiger partial charge in [0.15, 0.2) is 0 Å². The quantitative estimate of drug-likeness (QED) is 0.754. The van der Waals surface area contributed by atoms with Gasteiger partial charge < -0.3 is 20.3 Å². The molecule has 1 saturated carbocycles. The van der Waals surface area contributed by atoms with Crippen LogP contribution in [0.3, 0.4) is 0 Å². The van der Waals surface area contributed by atoms with Gasteiger partial charge in [-0.15, -0.1) is 0 Å². The van der Waals surface area contributed by atoms with Crippen LogP contribution in [0.4, 0.5) is 4.79 Å². The molecule has 25 heavy (non-hydrogen) atoms. The molecule has 0 radical (unpaired) electrons. The van der Waals surface area contributed by atoms with Gasteiger partial charge in [0.25, 0.3) is 0 Å². The lowest BCUT2D eigenvalue weighted by atomic mass is 10.0. The molecule has 3 rings (SSSR count). The average Bonchev–Trinajstić information content (AvgIpc) is 3.21. The van der Waals surface area contributed by atoms with Gasteiger partial charge in [-0.05, 0) is 30.9 Å². The van der Waals surface area contributed by atoms with Crippen molar-refractivity contribution in [3.63, 3.8) is 0 Å². The summed E-state index contributed by atoms with van der Waals surface area (Å²) in [7, 11) is 0. The summed E-state index contributed by atoms with van der Waals surface area (Å²) in [5.41, 5.74) is 1.49. The van der Waals surface area contributed by atoms with Crippen molar-refractivity contribution in [1.82, 2.24) is 20.2 Å². The summed E-state index contributed by atoms with van der Waals surface area (Å²) < 4.78 is 2.08. The number of aromatic nitrogens is 2. The zero-order valence-corrected chi connectivity index (χ0v) is 14.7. The Labute approximate surface area is 148 Å². The molecule has 1 heterocycles. The van der Waals surface area contributed by atoms with E-state index in [-0.39, 0.29) is 6.03 Å². The minimum absolute atomic E-state index is 0.240. The normalized spacial score (nSPS) is 15.9. The van der Waals surface area contributed by atoms with Gasteiger partial charge in [-0.2, -0.15) is 0 Å². The van der Waals surface area contributed by atoms with Crippen molar-refractivity contribution < 1.29 is 9.90 Å². The topological polar surface area (TPSA) is 79.2 Å². The molecule has 6 heteroatoms. The molecule has 1 aromatic carbocycles. The van der Waals surface area contributed by atoms with Crippen LogP contribution in [0.1, 0.15) is 42.6 Å². The first-order chi connectivity index (χ1) is 12.0. The van der Waals surface area contributed by atoms with Crippen molar-refractivity contribution in [2.24, 2.45) is 0 Å². The van der Waals surface area contributed by atoms with Crippen molar-refractivity contribution in [1.29, 1.82) is 0 Å². The highest BCUT2D eigenvalue weighted by atomic mass is 16.3. The van der Waals surface area contributed by atoms with Crippen LogP contribution in [-0.2, 0) is 13.1 Å². The first-order valence-electron chi connectivity index (χ1n) is 8.84. The summed E-state index contributed by atoms with van der Waals surface area (Å²) >= 11 is 0. The number of rotatable bonds is 6. The Hall–Kier alpha value is -2.34. The van der Waals surface area contributed by atoms with Crippen LogP contribution >= 0.6 is 0 Å². The monoisotopic (exact) mass is 342 g/mol. The molecule has 0 atom stereocenters. The number of aliphatic hydroxyl groups is 1. The summed E-state index contributed by atoms with van der Waals surface area (Å²) in [5.74, 6) is 0.979. The van der Waals surface area contributed by atoms with E-state index < -0.39 is 5.60 Å². The molecule has 1 aromatic heterocycles. The molecule has 0 bridgehead atoms. The lowest BCUT2D eigenvalue weighted by Gasteiger charge is -2.22. The summed E-state index contributed by atoms with van der Waals surface area (Å²) in [6, 6.07) is 7.91. The fourth-order valence-electron chi connectivity index (χ4n) is 3.31. The number of hydrogen-bond acceptors (Lipinski definition) is 3. The molecule has 0 aliphatic heterocycles. The molecular weight excluding hydrogens is 316 g/mol. The minimum Gasteiger partial charge on any atom is -0.388 e. The van der Waals surface area contributed by atoms with E-state index in [1.807, 2.05) is 25.3 Å². The number of carbonyl (C=O) groups is 1. The van der Waals surface area contributed by atoms with E-state index in [9.17, 15) is 9.90 Å². The maximum absolute atomic E-state index is 12.0. The SMILES string of the molecule is Cc1nccn1Cc1cccc(CNC(=O)NCC2(O)CCCC2)c1. The van der Waals surface area contributed by atoms with Crippen LogP contribution in [0.15, 0.2) is 36.7 Å². The van der Waals surface area contributed by atoms with Gasteiger partial charge in [-0.3, -0.25) is 0 Å². The van der Waals surface area contributed by atoms with Gasteiger partial charge in [0, 0.05) is 32.0 Å². The Morgan fingerprint density at radius 3 is 2.76 bits per heavy atom. The van der Waals surface area contributed by atoms with Crippen molar-refractivity contribution in [2.75, 3.05) is 6.54 Å². The number of carbonyl (C=O) groups excluding carboxylic acids is 1. The maximum Gasteiger partial charge on any atom is 0.315 e. The molecule has 0 spiro atoms. The van der Waals surface area contributed by atoms with E-state index >= 15 is 0 Å². The highest BCUT2D eigenvalue weighted by molar-refractivity contribution is 5.73. The smallest absolute Gasteiger partial charge is 0.315 e. The third-order valence-electron chi connectivity index (χ3n) is 4.83. The standard InChI is InChI=1S/C19H26N4O2/c1-15-20-9-10-23(15)13-17-6-4-5-16(11-17)12-21-18(24)22-14-19(25)7-2-3-8-19/h4-6,9-11,25H,2-3,7-8,12-14H2,1H3,(H2,21,22,24). The predicted molar refractivity (Wildman–Crippen MR) is 96.2 cm³/mol.